The van der Waals surface area contributed by atoms with E-state index in [4.69, 9.17) is 4.74 Å². The van der Waals surface area contributed by atoms with Gasteiger partial charge in [-0.3, -0.25) is 4.79 Å². The molecule has 5 aromatic rings. The number of carbonyl (C=O) groups is 1. The lowest BCUT2D eigenvalue weighted by Crippen LogP contribution is -2.44. The summed E-state index contributed by atoms with van der Waals surface area (Å²) in [4.78, 5) is 22.7. The highest BCUT2D eigenvalue weighted by molar-refractivity contribution is 5.88. The molecule has 5 heterocycles. The van der Waals surface area contributed by atoms with E-state index in [1.807, 2.05) is 54.2 Å². The summed E-state index contributed by atoms with van der Waals surface area (Å²) in [5.41, 5.74) is 4.55. The molecule has 4 aromatic heterocycles. The van der Waals surface area contributed by atoms with Gasteiger partial charge in [-0.2, -0.15) is 10.2 Å². The van der Waals surface area contributed by atoms with E-state index in [1.165, 1.54) is 12.4 Å². The van der Waals surface area contributed by atoms with Crippen molar-refractivity contribution in [2.24, 2.45) is 0 Å². The fourth-order valence-electron chi connectivity index (χ4n) is 4.78. The van der Waals surface area contributed by atoms with Crippen molar-refractivity contribution >= 4 is 34.3 Å². The van der Waals surface area contributed by atoms with Gasteiger partial charge in [-0.25, -0.2) is 19.0 Å². The van der Waals surface area contributed by atoms with Crippen LogP contribution in [0.15, 0.2) is 74.1 Å². The first kappa shape index (κ1) is 23.5. The first-order valence-corrected chi connectivity index (χ1v) is 12.4. The second-order valence-corrected chi connectivity index (χ2v) is 9.21. The molecule has 1 saturated heterocycles. The van der Waals surface area contributed by atoms with Crippen molar-refractivity contribution in [2.45, 2.75) is 25.8 Å². The number of aryl methyl sites for hydroxylation is 1. The highest BCUT2D eigenvalue weighted by Crippen LogP contribution is 2.33. The Labute approximate surface area is 218 Å². The lowest BCUT2D eigenvalue weighted by atomic mass is 10.0. The number of aromatic nitrogens is 6. The minimum Gasteiger partial charge on any atom is -0.457 e. The Morgan fingerprint density at radius 3 is 2.66 bits per heavy atom. The van der Waals surface area contributed by atoms with E-state index in [1.54, 1.807) is 10.8 Å². The molecular weight excluding hydrogens is 482 g/mol. The van der Waals surface area contributed by atoms with Gasteiger partial charge in [0.25, 0.3) is 0 Å². The molecule has 2 N–H and O–H groups in total. The van der Waals surface area contributed by atoms with Crippen molar-refractivity contribution in [1.82, 2.24) is 34.5 Å². The van der Waals surface area contributed by atoms with Gasteiger partial charge in [0.05, 0.1) is 5.69 Å². The standard InChI is InChI=1S/C27H27N9O2/c1-3-25(37)32-19-6-10-34(11-7-19)22-9-13-36-26(22)27(29-17-31-36)33-20-4-5-23(18(2)14-20)38-21-8-12-35-24(15-21)28-16-30-35/h3-5,8-9,12-17,19H,1,6-7,10-11H2,2H3,(H,32,37)(H,29,31,33). The Morgan fingerprint density at radius 2 is 1.84 bits per heavy atom. The third kappa shape index (κ3) is 4.61. The van der Waals surface area contributed by atoms with Gasteiger partial charge in [0.15, 0.2) is 11.5 Å². The number of piperidine rings is 1. The van der Waals surface area contributed by atoms with Crippen LogP contribution >= 0.6 is 0 Å². The first-order valence-electron chi connectivity index (χ1n) is 12.4. The monoisotopic (exact) mass is 509 g/mol. The van der Waals surface area contributed by atoms with Crippen molar-refractivity contribution in [3.63, 3.8) is 0 Å². The van der Waals surface area contributed by atoms with E-state index in [0.717, 1.165) is 59.8 Å². The maximum atomic E-state index is 11.7. The summed E-state index contributed by atoms with van der Waals surface area (Å²) in [6.45, 7) is 7.18. The Bertz CT molecular complexity index is 1630. The number of nitrogens with one attached hydrogen (secondary N) is 2. The van der Waals surface area contributed by atoms with E-state index in [-0.39, 0.29) is 11.9 Å². The number of amides is 1. The van der Waals surface area contributed by atoms with E-state index in [0.29, 0.717) is 11.6 Å². The molecule has 38 heavy (non-hydrogen) atoms. The molecule has 0 bridgehead atoms. The third-order valence-corrected chi connectivity index (χ3v) is 6.72. The van der Waals surface area contributed by atoms with Gasteiger partial charge in [0, 0.05) is 43.3 Å². The summed E-state index contributed by atoms with van der Waals surface area (Å²) in [5.74, 6) is 2.03. The maximum Gasteiger partial charge on any atom is 0.243 e. The minimum atomic E-state index is -0.124. The number of carbonyl (C=O) groups excluding carboxylic acids is 1. The number of nitrogens with zero attached hydrogens (tertiary/aromatic N) is 7. The molecule has 0 unspecified atom stereocenters. The normalized spacial score (nSPS) is 14.1. The molecule has 1 amide bonds. The van der Waals surface area contributed by atoms with Crippen LogP contribution in [0, 0.1) is 6.92 Å². The van der Waals surface area contributed by atoms with E-state index < -0.39 is 0 Å². The molecule has 0 aliphatic carbocycles. The lowest BCUT2D eigenvalue weighted by Gasteiger charge is -2.33. The van der Waals surface area contributed by atoms with Crippen molar-refractivity contribution in [2.75, 3.05) is 23.3 Å². The highest BCUT2D eigenvalue weighted by atomic mass is 16.5. The number of pyridine rings is 1. The average Bonchev–Trinajstić information content (AvgIpc) is 3.58. The number of rotatable bonds is 7. The summed E-state index contributed by atoms with van der Waals surface area (Å²) in [5, 5.41) is 15.0. The Morgan fingerprint density at radius 1 is 1.05 bits per heavy atom. The largest absolute Gasteiger partial charge is 0.457 e. The van der Waals surface area contributed by atoms with Crippen LogP contribution in [0.1, 0.15) is 18.4 Å². The number of fused-ring (bicyclic) bond motifs is 2. The molecule has 0 spiro atoms. The third-order valence-electron chi connectivity index (χ3n) is 6.72. The number of hydrogen-bond acceptors (Lipinski definition) is 8. The fraction of sp³-hybridized carbons (Fsp3) is 0.222. The molecule has 11 nitrogen and oxygen atoms in total. The SMILES string of the molecule is C=CC(=O)NC1CCN(c2ccn3ncnc(Nc4ccc(Oc5ccn6ncnc6c5)c(C)c4)c23)CC1. The van der Waals surface area contributed by atoms with Crippen LogP contribution in [0.5, 0.6) is 11.5 Å². The van der Waals surface area contributed by atoms with Gasteiger partial charge in [0.1, 0.15) is 29.7 Å². The van der Waals surface area contributed by atoms with Gasteiger partial charge in [-0.15, -0.1) is 0 Å². The molecule has 192 valence electrons. The van der Waals surface area contributed by atoms with E-state index in [2.05, 4.69) is 48.3 Å². The molecule has 1 fully saturated rings. The minimum absolute atomic E-state index is 0.124. The smallest absolute Gasteiger partial charge is 0.243 e. The van der Waals surface area contributed by atoms with Gasteiger partial charge < -0.3 is 20.3 Å². The Hall–Kier alpha value is -4.93. The van der Waals surface area contributed by atoms with Crippen LogP contribution < -0.4 is 20.3 Å². The highest BCUT2D eigenvalue weighted by Gasteiger charge is 2.23. The molecular formula is C27H27N9O2. The van der Waals surface area contributed by atoms with Crippen LogP contribution in [0.3, 0.4) is 0 Å². The molecule has 1 aliphatic rings. The molecule has 1 aliphatic heterocycles. The van der Waals surface area contributed by atoms with Gasteiger partial charge in [-0.05, 0) is 61.7 Å². The number of hydrogen-bond donors (Lipinski definition) is 2. The van der Waals surface area contributed by atoms with E-state index in [9.17, 15) is 4.79 Å². The van der Waals surface area contributed by atoms with Gasteiger partial charge >= 0.3 is 0 Å². The summed E-state index contributed by atoms with van der Waals surface area (Å²) >= 11 is 0. The quantitative estimate of drug-likeness (QED) is 0.318. The van der Waals surface area contributed by atoms with E-state index >= 15 is 0 Å². The number of ether oxygens (including phenoxy) is 1. The summed E-state index contributed by atoms with van der Waals surface area (Å²) in [7, 11) is 0. The summed E-state index contributed by atoms with van der Waals surface area (Å²) in [6, 6.07) is 11.8. The van der Waals surface area contributed by atoms with Gasteiger partial charge in [0.2, 0.25) is 5.91 Å². The van der Waals surface area contributed by atoms with Crippen LogP contribution in [0.4, 0.5) is 17.2 Å². The molecule has 0 saturated carbocycles. The molecule has 0 atom stereocenters. The molecule has 0 radical (unpaired) electrons. The Kier molecular flexibility index (Phi) is 6.08. The van der Waals surface area contributed by atoms with Crippen LogP contribution in [-0.4, -0.2) is 54.2 Å². The maximum absolute atomic E-state index is 11.7. The van der Waals surface area contributed by atoms with Crippen molar-refractivity contribution in [1.29, 1.82) is 0 Å². The first-order chi connectivity index (χ1) is 18.6. The van der Waals surface area contributed by atoms with Crippen LogP contribution in [0.25, 0.3) is 11.2 Å². The molecule has 6 rings (SSSR count). The van der Waals surface area contributed by atoms with Crippen molar-refractivity contribution in [3.8, 4) is 11.5 Å². The Balaban J connectivity index is 1.20. The molecule has 1 aromatic carbocycles. The summed E-state index contributed by atoms with van der Waals surface area (Å²) < 4.78 is 9.63. The zero-order chi connectivity index (χ0) is 26.1. The van der Waals surface area contributed by atoms with Crippen molar-refractivity contribution < 1.29 is 9.53 Å². The zero-order valence-electron chi connectivity index (χ0n) is 20.9. The lowest BCUT2D eigenvalue weighted by molar-refractivity contribution is -0.117. The zero-order valence-corrected chi connectivity index (χ0v) is 20.9. The second kappa shape index (κ2) is 9.85. The second-order valence-electron chi connectivity index (χ2n) is 9.21. The van der Waals surface area contributed by atoms with Crippen molar-refractivity contribution in [3.05, 3.63) is 79.7 Å². The van der Waals surface area contributed by atoms with Crippen LogP contribution in [-0.2, 0) is 4.79 Å². The molecule has 11 heteroatoms. The number of benzene rings is 1. The number of anilines is 3. The fourth-order valence-corrected chi connectivity index (χ4v) is 4.78. The predicted molar refractivity (Wildman–Crippen MR) is 144 cm³/mol. The average molecular weight is 510 g/mol. The topological polar surface area (TPSA) is 114 Å². The van der Waals surface area contributed by atoms with Crippen LogP contribution in [0.2, 0.25) is 0 Å². The predicted octanol–water partition coefficient (Wildman–Crippen LogP) is 3.89. The summed E-state index contributed by atoms with van der Waals surface area (Å²) in [6.07, 6.45) is 9.85. The van der Waals surface area contributed by atoms with Gasteiger partial charge in [-0.1, -0.05) is 6.58 Å².